The number of carbonyl (C=O) groups excluding carboxylic acids is 3. The fourth-order valence-electron chi connectivity index (χ4n) is 4.83. The Labute approximate surface area is 204 Å². The summed E-state index contributed by atoms with van der Waals surface area (Å²) >= 11 is 5.39. The maximum absolute atomic E-state index is 14.8. The lowest BCUT2D eigenvalue weighted by atomic mass is 9.69. The van der Waals surface area contributed by atoms with Gasteiger partial charge in [0.25, 0.3) is 0 Å². The number of H-pyrrole nitrogens is 1. The number of rotatable bonds is 8. The number of nitrogens with two attached hydrogens (primary N) is 1. The molecule has 2 aromatic carbocycles. The van der Waals surface area contributed by atoms with Crippen molar-refractivity contribution in [2.45, 2.75) is 30.5 Å². The Hall–Kier alpha value is -3.50. The molecule has 3 aromatic rings. The van der Waals surface area contributed by atoms with Crippen molar-refractivity contribution >= 4 is 41.1 Å². The summed E-state index contributed by atoms with van der Waals surface area (Å²) in [6.45, 7) is -0.182. The van der Waals surface area contributed by atoms with Crippen LogP contribution in [0.1, 0.15) is 17.5 Å². The minimum atomic E-state index is -1.98. The van der Waals surface area contributed by atoms with Gasteiger partial charge in [0.2, 0.25) is 5.91 Å². The van der Waals surface area contributed by atoms with E-state index in [1.807, 2.05) is 0 Å². The Bertz CT molecular complexity index is 1250. The molecular formula is C24H23ClF2N4O4. The first-order valence-electron chi connectivity index (χ1n) is 10.9. The monoisotopic (exact) mass is 504 g/mol. The molecule has 2 amide bonds. The zero-order valence-electron chi connectivity index (χ0n) is 18.5. The first-order valence-corrected chi connectivity index (χ1v) is 11.2. The van der Waals surface area contributed by atoms with Gasteiger partial charge in [0.1, 0.15) is 41.6 Å². The molecule has 4 rings (SSSR count). The maximum atomic E-state index is 14.8. The van der Waals surface area contributed by atoms with Gasteiger partial charge in [-0.2, -0.15) is 0 Å². The van der Waals surface area contributed by atoms with Gasteiger partial charge in [-0.3, -0.25) is 4.79 Å². The minimum Gasteiger partial charge on any atom is -0.369 e. The summed E-state index contributed by atoms with van der Waals surface area (Å²) in [4.78, 5) is 42.0. The van der Waals surface area contributed by atoms with Crippen LogP contribution >= 0.6 is 11.9 Å². The van der Waals surface area contributed by atoms with E-state index in [0.717, 1.165) is 5.01 Å². The summed E-state index contributed by atoms with van der Waals surface area (Å²) in [5.41, 5.74) is 5.00. The van der Waals surface area contributed by atoms with E-state index in [1.165, 1.54) is 29.4 Å². The van der Waals surface area contributed by atoms with Crippen LogP contribution in [0.4, 0.5) is 13.6 Å². The zero-order chi connectivity index (χ0) is 25.2. The van der Waals surface area contributed by atoms with Crippen molar-refractivity contribution in [1.82, 2.24) is 15.0 Å². The van der Waals surface area contributed by atoms with Gasteiger partial charge in [-0.15, -0.1) is 0 Å². The number of hydrazine groups is 1. The Balaban J connectivity index is 1.99. The normalized spacial score (nSPS) is 18.7. The second-order valence-corrected chi connectivity index (χ2v) is 8.57. The van der Waals surface area contributed by atoms with Gasteiger partial charge in [0.15, 0.2) is 0 Å². The van der Waals surface area contributed by atoms with E-state index in [1.54, 1.807) is 30.3 Å². The molecule has 3 N–H and O–H groups in total. The summed E-state index contributed by atoms with van der Waals surface area (Å²) in [6.07, 6.45) is -0.917. The summed E-state index contributed by atoms with van der Waals surface area (Å²) in [5, 5.41) is 2.61. The summed E-state index contributed by atoms with van der Waals surface area (Å²) in [5.74, 6) is -1.62. The topological polar surface area (TPSA) is 109 Å². The molecule has 3 atom stereocenters. The van der Waals surface area contributed by atoms with Crippen LogP contribution in [0.25, 0.3) is 10.9 Å². The molecular weight excluding hydrogens is 482 g/mol. The average molecular weight is 505 g/mol. The smallest absolute Gasteiger partial charge is 0.369 e. The number of hydrogen-bond donors (Lipinski definition) is 2. The first kappa shape index (κ1) is 24.6. The van der Waals surface area contributed by atoms with Crippen molar-refractivity contribution in [3.05, 3.63) is 71.7 Å². The molecule has 1 fully saturated rings. The quantitative estimate of drug-likeness (QED) is 0.457. The third-order valence-electron chi connectivity index (χ3n) is 6.50. The van der Waals surface area contributed by atoms with Gasteiger partial charge in [-0.05, 0) is 36.1 Å². The van der Waals surface area contributed by atoms with Crippen molar-refractivity contribution in [3.8, 4) is 0 Å². The Morgan fingerprint density at radius 2 is 2.00 bits per heavy atom. The van der Waals surface area contributed by atoms with Gasteiger partial charge in [-0.1, -0.05) is 36.4 Å². The third-order valence-corrected chi connectivity index (χ3v) is 6.63. The minimum absolute atomic E-state index is 0.0555. The van der Waals surface area contributed by atoms with E-state index in [9.17, 15) is 23.2 Å². The fraction of sp³-hybridized carbons (Fsp3) is 0.292. The number of benzene rings is 2. The lowest BCUT2D eigenvalue weighted by molar-refractivity contribution is -0.136. The molecule has 1 aromatic heterocycles. The highest BCUT2D eigenvalue weighted by molar-refractivity contribution is 6.13. The third kappa shape index (κ3) is 4.35. The Morgan fingerprint density at radius 3 is 2.63 bits per heavy atom. The van der Waals surface area contributed by atoms with E-state index < -0.39 is 35.4 Å². The molecule has 184 valence electrons. The van der Waals surface area contributed by atoms with E-state index in [4.69, 9.17) is 17.6 Å². The number of fused-ring (bicyclic) bond motifs is 1. The number of para-hydroxylation sites is 1. The molecule has 0 radical (unpaired) electrons. The number of aromatic nitrogens is 1. The highest BCUT2D eigenvalue weighted by atomic mass is 35.5. The zero-order valence-corrected chi connectivity index (χ0v) is 19.3. The average Bonchev–Trinajstić information content (AvgIpc) is 3.48. The van der Waals surface area contributed by atoms with Crippen molar-refractivity contribution in [2.24, 2.45) is 5.73 Å². The maximum Gasteiger partial charge on any atom is 0.443 e. The molecule has 1 saturated heterocycles. The van der Waals surface area contributed by atoms with Gasteiger partial charge in [0, 0.05) is 30.2 Å². The number of alkyl halides is 1. The van der Waals surface area contributed by atoms with Crippen LogP contribution in [-0.2, 0) is 25.7 Å². The van der Waals surface area contributed by atoms with Crippen LogP contribution in [0.15, 0.2) is 54.7 Å². The molecule has 1 aliphatic heterocycles. The van der Waals surface area contributed by atoms with Crippen LogP contribution in [0.2, 0.25) is 0 Å². The van der Waals surface area contributed by atoms with Crippen molar-refractivity contribution in [1.29, 1.82) is 0 Å². The van der Waals surface area contributed by atoms with Crippen molar-refractivity contribution in [2.75, 3.05) is 13.1 Å². The number of aromatic amines is 1. The summed E-state index contributed by atoms with van der Waals surface area (Å²) < 4.78 is 33.4. The predicted molar refractivity (Wildman–Crippen MR) is 124 cm³/mol. The molecule has 11 heteroatoms. The molecule has 1 aliphatic rings. The van der Waals surface area contributed by atoms with Gasteiger partial charge < -0.3 is 19.8 Å². The van der Waals surface area contributed by atoms with Crippen LogP contribution in [0, 0.1) is 5.82 Å². The second-order valence-electron chi connectivity index (χ2n) is 8.42. The number of aldehydes is 1. The lowest BCUT2D eigenvalue weighted by Crippen LogP contribution is -2.64. The molecule has 8 nitrogen and oxygen atoms in total. The van der Waals surface area contributed by atoms with E-state index in [-0.39, 0.29) is 37.1 Å². The van der Waals surface area contributed by atoms with E-state index in [2.05, 4.69) is 9.27 Å². The van der Waals surface area contributed by atoms with Gasteiger partial charge >= 0.3 is 6.09 Å². The number of amides is 2. The molecule has 0 saturated carbocycles. The van der Waals surface area contributed by atoms with Gasteiger partial charge in [-0.25, -0.2) is 23.6 Å². The van der Waals surface area contributed by atoms with Gasteiger partial charge in [0.05, 0.1) is 0 Å². The number of hydrogen-bond acceptors (Lipinski definition) is 5. The van der Waals surface area contributed by atoms with Crippen LogP contribution in [0.3, 0.4) is 0 Å². The number of nitrogens with zero attached hydrogens (tertiary/aromatic N) is 2. The Morgan fingerprint density at radius 1 is 1.29 bits per heavy atom. The predicted octanol–water partition coefficient (Wildman–Crippen LogP) is 3.39. The molecule has 3 unspecified atom stereocenters. The highest BCUT2D eigenvalue weighted by Gasteiger charge is 2.54. The fourth-order valence-corrected chi connectivity index (χ4v) is 4.90. The van der Waals surface area contributed by atoms with E-state index >= 15 is 0 Å². The molecule has 0 aliphatic carbocycles. The van der Waals surface area contributed by atoms with Crippen LogP contribution in [0.5, 0.6) is 0 Å². The summed E-state index contributed by atoms with van der Waals surface area (Å²) in [7, 11) is 0. The molecule has 0 bridgehead atoms. The standard InChI is InChI=1S/C24H23ClF2N4O4/c25-35-23(34)31(30-10-9-16(26)13-30)21(14-32)24(22(28)33,11-15-5-1-3-7-19(15)27)18-12-29-20-8-4-2-6-17(18)20/h1-8,12,14,16,21,29H,9-11,13H2,(H2,28,33). The van der Waals surface area contributed by atoms with Crippen LogP contribution in [-0.4, -0.2) is 58.6 Å². The molecule has 35 heavy (non-hydrogen) atoms. The van der Waals surface area contributed by atoms with Crippen molar-refractivity contribution in [3.63, 3.8) is 0 Å². The first-order chi connectivity index (χ1) is 16.8. The molecule has 2 heterocycles. The van der Waals surface area contributed by atoms with E-state index in [0.29, 0.717) is 17.2 Å². The van der Waals surface area contributed by atoms with Crippen LogP contribution < -0.4 is 5.73 Å². The second kappa shape index (κ2) is 10.0. The number of primary amides is 1. The number of carbonyl (C=O) groups is 3. The SMILES string of the molecule is NC(=O)C(Cc1ccccc1F)(c1c[nH]c2ccccc12)C(C=O)N(C(=O)OCl)N1CCC(F)C1. The highest BCUT2D eigenvalue weighted by Crippen LogP contribution is 2.40. The number of nitrogens with one attached hydrogen (secondary N) is 1. The summed E-state index contributed by atoms with van der Waals surface area (Å²) in [6, 6.07) is 11.0. The number of halogens is 3. The van der Waals surface area contributed by atoms with Crippen molar-refractivity contribution < 1.29 is 27.5 Å². The molecule has 0 spiro atoms. The lowest BCUT2D eigenvalue weighted by Gasteiger charge is -2.43. The Kier molecular flexibility index (Phi) is 7.04. The largest absolute Gasteiger partial charge is 0.443 e.